The summed E-state index contributed by atoms with van der Waals surface area (Å²) in [6.45, 7) is 2.35. The molecule has 4 aromatic rings. The average Bonchev–Trinajstić information content (AvgIpc) is 3.43. The van der Waals surface area contributed by atoms with E-state index in [1.807, 2.05) is 0 Å². The molecule has 8 nitrogen and oxygen atoms in total. The first-order chi connectivity index (χ1) is 21.3. The van der Waals surface area contributed by atoms with Gasteiger partial charge in [-0.2, -0.15) is 9.97 Å². The Morgan fingerprint density at radius 2 is 1.98 bits per heavy atom. The summed E-state index contributed by atoms with van der Waals surface area (Å²) in [4.78, 5) is 13.1. The number of ether oxygens (including phenoxy) is 2. The zero-order valence-corrected chi connectivity index (χ0v) is 23.9. The van der Waals surface area contributed by atoms with Gasteiger partial charge in [-0.05, 0) is 54.6 Å². The summed E-state index contributed by atoms with van der Waals surface area (Å²) in [5.41, 5.74) is -0.333. The monoisotopic (exact) mass is 604 g/mol. The van der Waals surface area contributed by atoms with E-state index in [1.165, 1.54) is 30.3 Å². The molecule has 3 saturated heterocycles. The van der Waals surface area contributed by atoms with Crippen molar-refractivity contribution in [1.82, 2.24) is 14.9 Å². The van der Waals surface area contributed by atoms with Crippen LogP contribution in [0.5, 0.6) is 11.8 Å². The number of phenolic OH excluding ortho intramolecular Hbond substituents is 1. The highest BCUT2D eigenvalue weighted by Crippen LogP contribution is 2.42. The number of aliphatic hydroxyl groups excluding tert-OH is 1. The lowest BCUT2D eigenvalue weighted by molar-refractivity contribution is 0.0597. The first-order valence-corrected chi connectivity index (χ1v) is 14.7. The molecule has 4 heterocycles. The summed E-state index contributed by atoms with van der Waals surface area (Å²) in [5, 5.41) is 22.1. The lowest BCUT2D eigenvalue weighted by Crippen LogP contribution is -2.43. The number of phenols is 1. The molecule has 7 rings (SSSR count). The molecule has 0 amide bonds. The molecule has 2 N–H and O–H groups in total. The third kappa shape index (κ3) is 4.87. The number of aromatic hydroxyl groups is 1. The van der Waals surface area contributed by atoms with Gasteiger partial charge < -0.3 is 24.6 Å². The van der Waals surface area contributed by atoms with E-state index in [4.69, 9.17) is 15.9 Å². The van der Waals surface area contributed by atoms with Crippen LogP contribution in [0.2, 0.25) is 0 Å². The van der Waals surface area contributed by atoms with Crippen LogP contribution in [0.1, 0.15) is 24.8 Å². The second-order valence-electron chi connectivity index (χ2n) is 11.8. The predicted octanol–water partition coefficient (Wildman–Crippen LogP) is 4.57. The second kappa shape index (κ2) is 11.1. The number of aromatic nitrogens is 2. The quantitative estimate of drug-likeness (QED) is 0.321. The lowest BCUT2D eigenvalue weighted by atomic mass is 9.93. The van der Waals surface area contributed by atoms with E-state index in [9.17, 15) is 19.0 Å². The molecule has 0 spiro atoms. The maximum Gasteiger partial charge on any atom is 0.319 e. The summed E-state index contributed by atoms with van der Waals surface area (Å²) >= 11 is 0. The SMILES string of the molecule is C#Cc1c(F)ccc2cc(O)cc(-c3ccc4c(N5CCOCC(O)C5)nc(OC[C@@]56CCCN5C[C@H](F)C6)nc4c3F)c12. The van der Waals surface area contributed by atoms with Crippen LogP contribution in [0.15, 0.2) is 36.4 Å². The molecule has 3 fully saturated rings. The number of hydrogen-bond donors (Lipinski definition) is 2. The van der Waals surface area contributed by atoms with Crippen LogP contribution in [0.3, 0.4) is 0 Å². The second-order valence-corrected chi connectivity index (χ2v) is 11.8. The molecule has 3 aliphatic heterocycles. The van der Waals surface area contributed by atoms with E-state index in [0.717, 1.165) is 19.4 Å². The topological polar surface area (TPSA) is 91.2 Å². The number of alkyl halides is 1. The number of rotatable bonds is 5. The van der Waals surface area contributed by atoms with Gasteiger partial charge in [0.05, 0.1) is 30.4 Å². The Kier molecular flexibility index (Phi) is 7.23. The normalized spacial score (nSPS) is 24.0. The van der Waals surface area contributed by atoms with Gasteiger partial charge in [0.1, 0.15) is 35.7 Å². The predicted molar refractivity (Wildman–Crippen MR) is 160 cm³/mol. The summed E-state index contributed by atoms with van der Waals surface area (Å²) in [7, 11) is 0. The summed E-state index contributed by atoms with van der Waals surface area (Å²) in [5.74, 6) is 1.19. The maximum atomic E-state index is 16.7. The number of fused-ring (bicyclic) bond motifs is 3. The Labute approximate surface area is 252 Å². The van der Waals surface area contributed by atoms with Crippen LogP contribution in [-0.4, -0.2) is 88.9 Å². The molecule has 228 valence electrons. The van der Waals surface area contributed by atoms with E-state index in [2.05, 4.69) is 20.8 Å². The summed E-state index contributed by atoms with van der Waals surface area (Å²) in [6.07, 6.45) is 5.98. The van der Waals surface area contributed by atoms with E-state index in [0.29, 0.717) is 42.7 Å². The fraction of sp³-hybridized carbons (Fsp3) is 0.394. The fourth-order valence-corrected chi connectivity index (χ4v) is 7.05. The van der Waals surface area contributed by atoms with Crippen LogP contribution >= 0.6 is 0 Å². The Bertz CT molecular complexity index is 1810. The molecule has 44 heavy (non-hydrogen) atoms. The third-order valence-electron chi connectivity index (χ3n) is 9.03. The number of anilines is 1. The Morgan fingerprint density at radius 3 is 2.82 bits per heavy atom. The van der Waals surface area contributed by atoms with Crippen LogP contribution in [0.25, 0.3) is 32.8 Å². The molecule has 0 bridgehead atoms. The van der Waals surface area contributed by atoms with Gasteiger partial charge in [-0.15, -0.1) is 6.42 Å². The van der Waals surface area contributed by atoms with E-state index < -0.39 is 29.4 Å². The van der Waals surface area contributed by atoms with Gasteiger partial charge in [-0.3, -0.25) is 4.90 Å². The van der Waals surface area contributed by atoms with Crippen molar-refractivity contribution in [1.29, 1.82) is 0 Å². The van der Waals surface area contributed by atoms with Gasteiger partial charge in [0.2, 0.25) is 0 Å². The molecule has 0 radical (unpaired) electrons. The average molecular weight is 605 g/mol. The largest absolute Gasteiger partial charge is 0.508 e. The van der Waals surface area contributed by atoms with E-state index >= 15 is 4.39 Å². The van der Waals surface area contributed by atoms with E-state index in [-0.39, 0.29) is 59.1 Å². The maximum absolute atomic E-state index is 16.7. The number of terminal acetylenes is 1. The standard InChI is InChI=1S/C33H31F3N4O4/c1-2-23-27(35)7-4-19-12-21(41)13-26(28(19)23)24-5-6-25-30(29(24)36)37-32(38-31(25)39-10-11-43-17-22(42)16-39)44-18-33-8-3-9-40(33)15-20(34)14-33/h1,4-7,12-13,20,22,41-42H,3,8-11,14-18H2/t20-,22?,33+/m1/s1. The van der Waals surface area contributed by atoms with Crippen LogP contribution in [-0.2, 0) is 4.74 Å². The zero-order chi connectivity index (χ0) is 30.6. The fourth-order valence-electron chi connectivity index (χ4n) is 7.05. The molecular weight excluding hydrogens is 573 g/mol. The van der Waals surface area contributed by atoms with Crippen molar-refractivity contribution in [3.8, 4) is 35.2 Å². The first kappa shape index (κ1) is 28.6. The van der Waals surface area contributed by atoms with Crippen molar-refractivity contribution in [3.05, 3.63) is 53.6 Å². The van der Waals surface area contributed by atoms with Crippen LogP contribution < -0.4 is 9.64 Å². The van der Waals surface area contributed by atoms with Gasteiger partial charge in [-0.25, -0.2) is 13.2 Å². The van der Waals surface area contributed by atoms with Crippen LogP contribution in [0.4, 0.5) is 19.0 Å². The van der Waals surface area contributed by atoms with Crippen molar-refractivity contribution in [2.24, 2.45) is 0 Å². The Balaban J connectivity index is 1.38. The molecule has 3 aromatic carbocycles. The number of aliphatic hydroxyl groups is 1. The molecule has 11 heteroatoms. The van der Waals surface area contributed by atoms with Crippen molar-refractivity contribution in [3.63, 3.8) is 0 Å². The first-order valence-electron chi connectivity index (χ1n) is 14.7. The van der Waals surface area contributed by atoms with Crippen LogP contribution in [0, 0.1) is 24.0 Å². The minimum absolute atomic E-state index is 0.0481. The number of hydrogen-bond acceptors (Lipinski definition) is 8. The molecule has 3 atom stereocenters. The van der Waals surface area contributed by atoms with Gasteiger partial charge >= 0.3 is 6.01 Å². The third-order valence-corrected chi connectivity index (χ3v) is 9.03. The van der Waals surface area contributed by atoms with Gasteiger partial charge in [0, 0.05) is 42.4 Å². The minimum Gasteiger partial charge on any atom is -0.508 e. The minimum atomic E-state index is -0.944. The molecule has 0 aliphatic carbocycles. The highest BCUT2D eigenvalue weighted by Gasteiger charge is 2.49. The smallest absolute Gasteiger partial charge is 0.319 e. The number of nitrogens with zero attached hydrogens (tertiary/aromatic N) is 4. The molecule has 1 aromatic heterocycles. The summed E-state index contributed by atoms with van der Waals surface area (Å²) < 4.78 is 57.6. The van der Waals surface area contributed by atoms with Gasteiger partial charge in [0.25, 0.3) is 0 Å². The van der Waals surface area contributed by atoms with Crippen molar-refractivity contribution in [2.45, 2.75) is 37.1 Å². The summed E-state index contributed by atoms with van der Waals surface area (Å²) in [6, 6.07) is 8.55. The molecule has 0 saturated carbocycles. The highest BCUT2D eigenvalue weighted by molar-refractivity contribution is 6.04. The van der Waals surface area contributed by atoms with Crippen molar-refractivity contribution in [2.75, 3.05) is 50.9 Å². The Hall–Kier alpha value is -4.11. The number of benzene rings is 3. The zero-order valence-electron chi connectivity index (χ0n) is 23.9. The highest BCUT2D eigenvalue weighted by atomic mass is 19.1. The van der Waals surface area contributed by atoms with E-state index in [1.54, 1.807) is 11.0 Å². The lowest BCUT2D eigenvalue weighted by Gasteiger charge is -2.31. The molecular formula is C33H31F3N4O4. The van der Waals surface area contributed by atoms with Crippen molar-refractivity contribution < 1.29 is 32.9 Å². The van der Waals surface area contributed by atoms with Gasteiger partial charge in [0.15, 0.2) is 5.82 Å². The number of halogens is 3. The Morgan fingerprint density at radius 1 is 1.11 bits per heavy atom. The molecule has 3 aliphatic rings. The molecule has 1 unspecified atom stereocenters. The van der Waals surface area contributed by atoms with Gasteiger partial charge in [-0.1, -0.05) is 18.1 Å². The number of β-amino-alcohol motifs (C(OH)–C–C–N with tert-alkyl or cyclic N) is 1. The van der Waals surface area contributed by atoms with Crippen molar-refractivity contribution >= 4 is 27.5 Å².